The molecule has 0 heterocycles. The van der Waals surface area contributed by atoms with Crippen LogP contribution in [0.4, 0.5) is 5.69 Å². The monoisotopic (exact) mass is 373 g/mol. The summed E-state index contributed by atoms with van der Waals surface area (Å²) in [6.07, 6.45) is 3.48. The third-order valence-electron chi connectivity index (χ3n) is 4.46. The van der Waals surface area contributed by atoms with E-state index in [1.165, 1.54) is 17.5 Å². The second-order valence-corrected chi connectivity index (χ2v) is 7.09. The summed E-state index contributed by atoms with van der Waals surface area (Å²) in [5, 5.41) is 5.19. The van der Waals surface area contributed by atoms with Crippen LogP contribution in [0.3, 0.4) is 0 Å². The fraction of sp³-hybridized carbons (Fsp3) is 0.316. The molecule has 2 aromatic carbocycles. The third-order valence-corrected chi connectivity index (χ3v) is 4.99. The van der Waals surface area contributed by atoms with Gasteiger partial charge in [0.05, 0.1) is 0 Å². The van der Waals surface area contributed by atoms with Gasteiger partial charge >= 0.3 is 0 Å². The number of carbonyl (C=O) groups is 1. The average Bonchev–Trinajstić information content (AvgIpc) is 2.57. The van der Waals surface area contributed by atoms with Crippen molar-refractivity contribution in [3.05, 3.63) is 64.1 Å². The standard InChI is InChI=1S/C19H21BrN2O/c1-13(19(23)22-16-11-9-15(20)10-12-16)21-18-8-4-6-14-5-2-3-7-17(14)18/h2-3,5,7,9-13,18,21H,4,6,8H2,1H3,(H,22,23)/p+1/t13-,18+/m1/s1. The van der Waals surface area contributed by atoms with Crippen LogP contribution in [0.5, 0.6) is 0 Å². The van der Waals surface area contributed by atoms with Gasteiger partial charge in [-0.25, -0.2) is 0 Å². The highest BCUT2D eigenvalue weighted by Crippen LogP contribution is 2.26. The molecule has 0 saturated heterocycles. The molecule has 0 fully saturated rings. The molecule has 1 aliphatic rings. The van der Waals surface area contributed by atoms with Gasteiger partial charge in [0.15, 0.2) is 6.04 Å². The van der Waals surface area contributed by atoms with Crippen LogP contribution >= 0.6 is 15.9 Å². The summed E-state index contributed by atoms with van der Waals surface area (Å²) < 4.78 is 1.01. The molecule has 3 nitrogen and oxygen atoms in total. The Bertz CT molecular complexity index is 684. The predicted molar refractivity (Wildman–Crippen MR) is 96.3 cm³/mol. The van der Waals surface area contributed by atoms with Crippen LogP contribution in [0.2, 0.25) is 0 Å². The quantitative estimate of drug-likeness (QED) is 0.847. The Balaban J connectivity index is 1.64. The lowest BCUT2D eigenvalue weighted by atomic mass is 9.87. The summed E-state index contributed by atoms with van der Waals surface area (Å²) in [7, 11) is 0. The van der Waals surface area contributed by atoms with Gasteiger partial charge in [-0.1, -0.05) is 40.2 Å². The Hall–Kier alpha value is -1.65. The number of rotatable bonds is 4. The van der Waals surface area contributed by atoms with E-state index in [4.69, 9.17) is 0 Å². The Morgan fingerprint density at radius 2 is 1.96 bits per heavy atom. The van der Waals surface area contributed by atoms with Gasteiger partial charge in [0.25, 0.3) is 5.91 Å². The van der Waals surface area contributed by atoms with Crippen molar-refractivity contribution in [3.8, 4) is 0 Å². The smallest absolute Gasteiger partial charge is 0.282 e. The van der Waals surface area contributed by atoms with E-state index in [9.17, 15) is 4.79 Å². The van der Waals surface area contributed by atoms with Gasteiger partial charge in [-0.3, -0.25) is 4.79 Å². The van der Waals surface area contributed by atoms with Crippen molar-refractivity contribution >= 4 is 27.5 Å². The highest BCUT2D eigenvalue weighted by molar-refractivity contribution is 9.10. The highest BCUT2D eigenvalue weighted by Gasteiger charge is 2.27. The second kappa shape index (κ2) is 7.28. The van der Waals surface area contributed by atoms with E-state index in [0.29, 0.717) is 6.04 Å². The van der Waals surface area contributed by atoms with Gasteiger partial charge < -0.3 is 10.6 Å². The van der Waals surface area contributed by atoms with Crippen LogP contribution in [0, 0.1) is 0 Å². The molecule has 2 aromatic rings. The van der Waals surface area contributed by atoms with Crippen LogP contribution in [0.1, 0.15) is 36.9 Å². The summed E-state index contributed by atoms with van der Waals surface area (Å²) in [5.74, 6) is 0.0513. The Morgan fingerprint density at radius 1 is 1.22 bits per heavy atom. The maximum atomic E-state index is 12.4. The zero-order chi connectivity index (χ0) is 16.2. The third kappa shape index (κ3) is 4.01. The average molecular weight is 374 g/mol. The molecule has 0 spiro atoms. The second-order valence-electron chi connectivity index (χ2n) is 6.17. The molecule has 120 valence electrons. The van der Waals surface area contributed by atoms with E-state index in [-0.39, 0.29) is 11.9 Å². The van der Waals surface area contributed by atoms with Gasteiger partial charge in [-0.15, -0.1) is 0 Å². The lowest BCUT2D eigenvalue weighted by Gasteiger charge is -2.26. The fourth-order valence-corrected chi connectivity index (χ4v) is 3.48. The van der Waals surface area contributed by atoms with Crippen molar-refractivity contribution in [1.29, 1.82) is 0 Å². The van der Waals surface area contributed by atoms with E-state index >= 15 is 0 Å². The zero-order valence-corrected chi connectivity index (χ0v) is 14.8. The summed E-state index contributed by atoms with van der Waals surface area (Å²) in [6, 6.07) is 16.6. The van der Waals surface area contributed by atoms with E-state index in [1.807, 2.05) is 31.2 Å². The van der Waals surface area contributed by atoms with E-state index in [1.54, 1.807) is 0 Å². The molecule has 1 amide bonds. The number of anilines is 1. The number of nitrogens with one attached hydrogen (secondary N) is 1. The minimum absolute atomic E-state index is 0.0513. The molecule has 3 N–H and O–H groups in total. The largest absolute Gasteiger partial charge is 0.330 e. The number of fused-ring (bicyclic) bond motifs is 1. The maximum absolute atomic E-state index is 12.4. The topological polar surface area (TPSA) is 45.7 Å². The van der Waals surface area contributed by atoms with Crippen molar-refractivity contribution in [1.82, 2.24) is 0 Å². The molecule has 0 radical (unpaired) electrons. The van der Waals surface area contributed by atoms with Crippen molar-refractivity contribution in [3.63, 3.8) is 0 Å². The van der Waals surface area contributed by atoms with Crippen LogP contribution in [-0.4, -0.2) is 11.9 Å². The van der Waals surface area contributed by atoms with E-state index in [2.05, 4.69) is 50.8 Å². The first-order valence-corrected chi connectivity index (χ1v) is 8.92. The molecular weight excluding hydrogens is 352 g/mol. The van der Waals surface area contributed by atoms with Gasteiger partial charge in [0.2, 0.25) is 0 Å². The van der Waals surface area contributed by atoms with Gasteiger partial charge in [0, 0.05) is 22.1 Å². The van der Waals surface area contributed by atoms with Crippen molar-refractivity contribution in [2.24, 2.45) is 0 Å². The van der Waals surface area contributed by atoms with Crippen molar-refractivity contribution < 1.29 is 10.1 Å². The summed E-state index contributed by atoms with van der Waals surface area (Å²) >= 11 is 3.40. The number of aryl methyl sites for hydroxylation is 1. The van der Waals surface area contributed by atoms with Gasteiger partial charge in [0.1, 0.15) is 6.04 Å². The summed E-state index contributed by atoms with van der Waals surface area (Å²) in [6.45, 7) is 1.98. The molecule has 23 heavy (non-hydrogen) atoms. The minimum Gasteiger partial charge on any atom is -0.330 e. The minimum atomic E-state index is -0.116. The van der Waals surface area contributed by atoms with Crippen molar-refractivity contribution in [2.75, 3.05) is 5.32 Å². The molecule has 0 unspecified atom stereocenters. The number of hydrogen-bond acceptors (Lipinski definition) is 1. The summed E-state index contributed by atoms with van der Waals surface area (Å²) in [4.78, 5) is 12.4. The number of amides is 1. The zero-order valence-electron chi connectivity index (χ0n) is 13.3. The number of carbonyl (C=O) groups excluding carboxylic acids is 1. The summed E-state index contributed by atoms with van der Waals surface area (Å²) in [5.41, 5.74) is 3.66. The number of nitrogens with two attached hydrogens (primary N) is 1. The lowest BCUT2D eigenvalue weighted by Crippen LogP contribution is -2.92. The fourth-order valence-electron chi connectivity index (χ4n) is 3.22. The van der Waals surface area contributed by atoms with Crippen LogP contribution in [0.25, 0.3) is 0 Å². The Kier molecular flexibility index (Phi) is 5.13. The Labute approximate surface area is 145 Å². The molecule has 3 rings (SSSR count). The normalized spacial score (nSPS) is 18.1. The number of quaternary nitrogens is 1. The molecule has 4 heteroatoms. The van der Waals surface area contributed by atoms with E-state index in [0.717, 1.165) is 23.0 Å². The molecule has 2 atom stereocenters. The first kappa shape index (κ1) is 16.2. The first-order valence-electron chi connectivity index (χ1n) is 8.12. The SMILES string of the molecule is C[C@@H]([NH2+][C@H]1CCCc2ccccc21)C(=O)Nc1ccc(Br)cc1. The number of halogens is 1. The maximum Gasteiger partial charge on any atom is 0.282 e. The highest BCUT2D eigenvalue weighted by atomic mass is 79.9. The molecule has 1 aliphatic carbocycles. The van der Waals surface area contributed by atoms with Crippen LogP contribution in [-0.2, 0) is 11.2 Å². The lowest BCUT2D eigenvalue weighted by molar-refractivity contribution is -0.714. The van der Waals surface area contributed by atoms with Crippen LogP contribution < -0.4 is 10.6 Å². The van der Waals surface area contributed by atoms with Gasteiger partial charge in [-0.2, -0.15) is 0 Å². The molecule has 0 aromatic heterocycles. The van der Waals surface area contributed by atoms with Crippen molar-refractivity contribution in [2.45, 2.75) is 38.3 Å². The molecule has 0 saturated carbocycles. The van der Waals surface area contributed by atoms with Crippen LogP contribution in [0.15, 0.2) is 53.0 Å². The first-order chi connectivity index (χ1) is 11.1. The number of hydrogen-bond donors (Lipinski definition) is 2. The number of benzene rings is 2. The van der Waals surface area contributed by atoms with E-state index < -0.39 is 0 Å². The predicted octanol–water partition coefficient (Wildman–Crippen LogP) is 3.42. The Morgan fingerprint density at radius 3 is 2.74 bits per heavy atom. The molecular formula is C19H22BrN2O+. The molecule has 0 aliphatic heterocycles. The van der Waals surface area contributed by atoms with Gasteiger partial charge in [-0.05, 0) is 49.6 Å². The molecule has 0 bridgehead atoms.